The monoisotopic (exact) mass is 196 g/mol. The highest BCUT2D eigenvalue weighted by atomic mass is 16.3. The average Bonchev–Trinajstić information content (AvgIpc) is 2.48. The molecule has 80 valence electrons. The fraction of sp³-hybridized carbons (Fsp3) is 0.727. The molecule has 1 rings (SSSR count). The molecule has 0 aliphatic heterocycles. The minimum Gasteiger partial charge on any atom is -0.384 e. The van der Waals surface area contributed by atoms with Gasteiger partial charge in [0, 0.05) is 12.7 Å². The maximum atomic E-state index is 10.3. The van der Waals surface area contributed by atoms with Crippen LogP contribution in [0.2, 0.25) is 0 Å². The third-order valence-corrected chi connectivity index (χ3v) is 2.37. The van der Waals surface area contributed by atoms with Crippen molar-refractivity contribution in [1.82, 2.24) is 9.78 Å². The van der Waals surface area contributed by atoms with Crippen molar-refractivity contribution in [3.63, 3.8) is 0 Å². The van der Waals surface area contributed by atoms with E-state index in [2.05, 4.69) is 18.9 Å². The third kappa shape index (κ3) is 2.35. The SMILES string of the molecule is CCn1nccc1C(C)(O)CC(C)C. The highest BCUT2D eigenvalue weighted by molar-refractivity contribution is 5.10. The Morgan fingerprint density at radius 3 is 2.71 bits per heavy atom. The van der Waals surface area contributed by atoms with Gasteiger partial charge in [-0.05, 0) is 32.3 Å². The van der Waals surface area contributed by atoms with Crippen LogP contribution in [0.25, 0.3) is 0 Å². The molecule has 1 aromatic rings. The number of hydrogen-bond donors (Lipinski definition) is 1. The van der Waals surface area contributed by atoms with Gasteiger partial charge in [-0.15, -0.1) is 0 Å². The van der Waals surface area contributed by atoms with Crippen LogP contribution in [0.4, 0.5) is 0 Å². The largest absolute Gasteiger partial charge is 0.384 e. The van der Waals surface area contributed by atoms with Gasteiger partial charge in [-0.2, -0.15) is 5.10 Å². The van der Waals surface area contributed by atoms with Crippen LogP contribution in [0.5, 0.6) is 0 Å². The molecular formula is C11H20N2O. The summed E-state index contributed by atoms with van der Waals surface area (Å²) in [6, 6.07) is 1.89. The lowest BCUT2D eigenvalue weighted by Gasteiger charge is -2.26. The Balaban J connectivity index is 2.90. The molecule has 0 radical (unpaired) electrons. The van der Waals surface area contributed by atoms with E-state index in [4.69, 9.17) is 0 Å². The van der Waals surface area contributed by atoms with Gasteiger partial charge in [0.25, 0.3) is 0 Å². The molecule has 0 aliphatic carbocycles. The Morgan fingerprint density at radius 2 is 2.21 bits per heavy atom. The lowest BCUT2D eigenvalue weighted by Crippen LogP contribution is -2.27. The first-order valence-corrected chi connectivity index (χ1v) is 5.22. The maximum absolute atomic E-state index is 10.3. The third-order valence-electron chi connectivity index (χ3n) is 2.37. The summed E-state index contributed by atoms with van der Waals surface area (Å²) in [5, 5.41) is 14.5. The molecule has 1 heterocycles. The van der Waals surface area contributed by atoms with Crippen LogP contribution < -0.4 is 0 Å². The van der Waals surface area contributed by atoms with Crippen LogP contribution in [-0.4, -0.2) is 14.9 Å². The molecule has 14 heavy (non-hydrogen) atoms. The second-order valence-corrected chi connectivity index (χ2v) is 4.40. The normalized spacial score (nSPS) is 15.9. The van der Waals surface area contributed by atoms with Crippen molar-refractivity contribution >= 4 is 0 Å². The van der Waals surface area contributed by atoms with Crippen molar-refractivity contribution in [3.05, 3.63) is 18.0 Å². The minimum atomic E-state index is -0.763. The number of hydrogen-bond acceptors (Lipinski definition) is 2. The molecule has 1 unspecified atom stereocenters. The minimum absolute atomic E-state index is 0.477. The van der Waals surface area contributed by atoms with Gasteiger partial charge in [0.1, 0.15) is 5.60 Å². The zero-order valence-electron chi connectivity index (χ0n) is 9.49. The van der Waals surface area contributed by atoms with Gasteiger partial charge in [-0.1, -0.05) is 13.8 Å². The lowest BCUT2D eigenvalue weighted by atomic mass is 9.91. The zero-order valence-corrected chi connectivity index (χ0v) is 9.49. The maximum Gasteiger partial charge on any atom is 0.104 e. The van der Waals surface area contributed by atoms with Crippen molar-refractivity contribution in [2.75, 3.05) is 0 Å². The fourth-order valence-corrected chi connectivity index (χ4v) is 1.94. The quantitative estimate of drug-likeness (QED) is 0.801. The van der Waals surface area contributed by atoms with Gasteiger partial charge < -0.3 is 5.11 Å². The molecule has 3 nitrogen and oxygen atoms in total. The van der Waals surface area contributed by atoms with Crippen molar-refractivity contribution in [3.8, 4) is 0 Å². The molecule has 3 heteroatoms. The first-order valence-electron chi connectivity index (χ1n) is 5.22. The van der Waals surface area contributed by atoms with Crippen LogP contribution in [0.15, 0.2) is 12.3 Å². The van der Waals surface area contributed by atoms with Crippen LogP contribution >= 0.6 is 0 Å². The van der Waals surface area contributed by atoms with Crippen LogP contribution in [0, 0.1) is 5.92 Å². The highest BCUT2D eigenvalue weighted by Gasteiger charge is 2.27. The Hall–Kier alpha value is -0.830. The molecule has 0 aromatic carbocycles. The number of aryl methyl sites for hydroxylation is 1. The molecule has 0 saturated carbocycles. The zero-order chi connectivity index (χ0) is 10.8. The van der Waals surface area contributed by atoms with E-state index >= 15 is 0 Å². The second-order valence-electron chi connectivity index (χ2n) is 4.40. The molecule has 0 spiro atoms. The predicted molar refractivity (Wildman–Crippen MR) is 56.9 cm³/mol. The molecule has 0 amide bonds. The summed E-state index contributed by atoms with van der Waals surface area (Å²) in [6.45, 7) is 8.91. The van der Waals surface area contributed by atoms with E-state index in [-0.39, 0.29) is 0 Å². The number of nitrogens with zero attached hydrogens (tertiary/aromatic N) is 2. The van der Waals surface area contributed by atoms with Gasteiger partial charge in [0.15, 0.2) is 0 Å². The lowest BCUT2D eigenvalue weighted by molar-refractivity contribution is 0.0260. The van der Waals surface area contributed by atoms with E-state index in [9.17, 15) is 5.11 Å². The summed E-state index contributed by atoms with van der Waals surface area (Å²) in [5.41, 5.74) is 0.148. The van der Waals surface area contributed by atoms with Gasteiger partial charge in [0.2, 0.25) is 0 Å². The topological polar surface area (TPSA) is 38.0 Å². The summed E-state index contributed by atoms with van der Waals surface area (Å²) in [5.74, 6) is 0.477. The van der Waals surface area contributed by atoms with E-state index < -0.39 is 5.60 Å². The van der Waals surface area contributed by atoms with E-state index in [1.54, 1.807) is 6.20 Å². The summed E-state index contributed by atoms with van der Waals surface area (Å²) in [6.07, 6.45) is 2.51. The van der Waals surface area contributed by atoms with Gasteiger partial charge in [-0.3, -0.25) is 4.68 Å². The molecule has 0 bridgehead atoms. The molecular weight excluding hydrogens is 176 g/mol. The van der Waals surface area contributed by atoms with Crippen molar-refractivity contribution in [2.45, 2.75) is 46.3 Å². The molecule has 0 fully saturated rings. The second kappa shape index (κ2) is 4.13. The molecule has 1 aromatic heterocycles. The standard InChI is InChI=1S/C11H20N2O/c1-5-13-10(6-7-12-13)11(4,14)8-9(2)3/h6-7,9,14H,5,8H2,1-4H3. The smallest absolute Gasteiger partial charge is 0.104 e. The summed E-state index contributed by atoms with van der Waals surface area (Å²) >= 11 is 0. The van der Waals surface area contributed by atoms with E-state index in [1.165, 1.54) is 0 Å². The van der Waals surface area contributed by atoms with Crippen LogP contribution in [-0.2, 0) is 12.1 Å². The Morgan fingerprint density at radius 1 is 1.57 bits per heavy atom. The van der Waals surface area contributed by atoms with Gasteiger partial charge in [-0.25, -0.2) is 0 Å². The number of aromatic nitrogens is 2. The first kappa shape index (κ1) is 11.2. The molecule has 1 atom stereocenters. The molecule has 1 N–H and O–H groups in total. The van der Waals surface area contributed by atoms with E-state index in [1.807, 2.05) is 24.6 Å². The van der Waals surface area contributed by atoms with Crippen molar-refractivity contribution < 1.29 is 5.11 Å². The Bertz CT molecular complexity index is 289. The summed E-state index contributed by atoms with van der Waals surface area (Å²) < 4.78 is 1.85. The van der Waals surface area contributed by atoms with E-state index in [0.29, 0.717) is 5.92 Å². The summed E-state index contributed by atoms with van der Waals surface area (Å²) in [7, 11) is 0. The van der Waals surface area contributed by atoms with Gasteiger partial charge >= 0.3 is 0 Å². The predicted octanol–water partition coefficient (Wildman–Crippen LogP) is 2.16. The average molecular weight is 196 g/mol. The van der Waals surface area contributed by atoms with Crippen molar-refractivity contribution in [1.29, 1.82) is 0 Å². The Kier molecular flexibility index (Phi) is 3.32. The number of aliphatic hydroxyl groups is 1. The van der Waals surface area contributed by atoms with Gasteiger partial charge in [0.05, 0.1) is 5.69 Å². The summed E-state index contributed by atoms with van der Waals surface area (Å²) in [4.78, 5) is 0. The highest BCUT2D eigenvalue weighted by Crippen LogP contribution is 2.27. The van der Waals surface area contributed by atoms with Crippen LogP contribution in [0.3, 0.4) is 0 Å². The van der Waals surface area contributed by atoms with E-state index in [0.717, 1.165) is 18.7 Å². The first-order chi connectivity index (χ1) is 6.47. The Labute approximate surface area is 85.8 Å². The number of rotatable bonds is 4. The fourth-order valence-electron chi connectivity index (χ4n) is 1.94. The molecule has 0 saturated heterocycles. The van der Waals surface area contributed by atoms with Crippen LogP contribution in [0.1, 0.15) is 39.8 Å². The van der Waals surface area contributed by atoms with Crippen molar-refractivity contribution in [2.24, 2.45) is 5.92 Å². The molecule has 0 aliphatic rings.